The lowest BCUT2D eigenvalue weighted by Crippen LogP contribution is -2.37. The van der Waals surface area contributed by atoms with Crippen molar-refractivity contribution in [3.63, 3.8) is 0 Å². The molecule has 0 aliphatic heterocycles. The molecule has 2 aromatic rings. The Kier molecular flexibility index (Phi) is 3.31. The lowest BCUT2D eigenvalue weighted by Gasteiger charge is -2.20. The highest BCUT2D eigenvalue weighted by molar-refractivity contribution is 5.93. The number of hydrogen-bond donors (Lipinski definition) is 2. The molecular weight excluding hydrogens is 305 g/mol. The van der Waals surface area contributed by atoms with Crippen LogP contribution in [0.15, 0.2) is 24.3 Å². The van der Waals surface area contributed by atoms with Crippen molar-refractivity contribution in [2.24, 2.45) is 5.41 Å². The van der Waals surface area contributed by atoms with Crippen LogP contribution in [0.25, 0.3) is 0 Å². The monoisotopic (exact) mass is 327 g/mol. The van der Waals surface area contributed by atoms with E-state index < -0.39 is 5.41 Å². The highest BCUT2D eigenvalue weighted by Gasteiger charge is 2.66. The summed E-state index contributed by atoms with van der Waals surface area (Å²) >= 11 is 0. The van der Waals surface area contributed by atoms with E-state index in [0.29, 0.717) is 6.54 Å². The minimum atomic E-state index is -0.569. The molecule has 24 heavy (non-hydrogen) atoms. The Labute approximate surface area is 140 Å². The minimum absolute atomic E-state index is 0.00820. The summed E-state index contributed by atoms with van der Waals surface area (Å²) in [5, 5.41) is 10.5. The Bertz CT molecular complexity index is 793. The molecular formula is C19H22FN3O. The summed E-state index contributed by atoms with van der Waals surface area (Å²) in [7, 11) is 0. The van der Waals surface area contributed by atoms with Crippen molar-refractivity contribution in [3.05, 3.63) is 52.6 Å². The summed E-state index contributed by atoms with van der Waals surface area (Å²) in [6.07, 6.45) is 4.00. The van der Waals surface area contributed by atoms with E-state index in [0.717, 1.165) is 36.9 Å². The van der Waals surface area contributed by atoms with Crippen molar-refractivity contribution in [1.82, 2.24) is 15.5 Å². The van der Waals surface area contributed by atoms with Gasteiger partial charge in [-0.2, -0.15) is 5.10 Å². The van der Waals surface area contributed by atoms with Crippen LogP contribution in [0.2, 0.25) is 0 Å². The Morgan fingerprint density at radius 1 is 1.29 bits per heavy atom. The van der Waals surface area contributed by atoms with Crippen molar-refractivity contribution < 1.29 is 9.18 Å². The Morgan fingerprint density at radius 2 is 2.00 bits per heavy atom. The van der Waals surface area contributed by atoms with Gasteiger partial charge < -0.3 is 5.32 Å². The van der Waals surface area contributed by atoms with E-state index >= 15 is 0 Å². The van der Waals surface area contributed by atoms with Crippen LogP contribution in [0.3, 0.4) is 0 Å². The smallest absolute Gasteiger partial charge is 0.231 e. The summed E-state index contributed by atoms with van der Waals surface area (Å²) in [4.78, 5) is 13.0. The van der Waals surface area contributed by atoms with Crippen LogP contribution < -0.4 is 5.32 Å². The molecule has 1 amide bonds. The van der Waals surface area contributed by atoms with E-state index in [1.165, 1.54) is 23.4 Å². The first-order valence-corrected chi connectivity index (χ1v) is 8.53. The van der Waals surface area contributed by atoms with E-state index in [1.54, 1.807) is 12.1 Å². The molecule has 1 saturated carbocycles. The Morgan fingerprint density at radius 3 is 2.67 bits per heavy atom. The molecule has 1 fully saturated rings. The zero-order chi connectivity index (χ0) is 16.9. The van der Waals surface area contributed by atoms with Crippen molar-refractivity contribution in [1.29, 1.82) is 0 Å². The average molecular weight is 327 g/mol. The van der Waals surface area contributed by atoms with Gasteiger partial charge in [-0.25, -0.2) is 4.39 Å². The first kappa shape index (κ1) is 15.4. The zero-order valence-electron chi connectivity index (χ0n) is 14.1. The van der Waals surface area contributed by atoms with E-state index in [4.69, 9.17) is 0 Å². The first-order valence-electron chi connectivity index (χ1n) is 8.53. The molecule has 0 radical (unpaired) electrons. The predicted octanol–water partition coefficient (Wildman–Crippen LogP) is 3.02. The van der Waals surface area contributed by atoms with Gasteiger partial charge in [0.25, 0.3) is 0 Å². The van der Waals surface area contributed by atoms with Crippen molar-refractivity contribution in [3.8, 4) is 0 Å². The fourth-order valence-electron chi connectivity index (χ4n) is 4.21. The van der Waals surface area contributed by atoms with Crippen LogP contribution in [0.4, 0.5) is 4.39 Å². The molecule has 1 aromatic heterocycles. The molecule has 1 aromatic carbocycles. The molecule has 1 atom stereocenters. The number of carbonyl (C=O) groups is 1. The molecule has 2 N–H and O–H groups in total. The van der Waals surface area contributed by atoms with Gasteiger partial charge in [-0.05, 0) is 54.4 Å². The van der Waals surface area contributed by atoms with Crippen LogP contribution in [0.5, 0.6) is 0 Å². The second-order valence-corrected chi connectivity index (χ2v) is 7.64. The van der Waals surface area contributed by atoms with Crippen molar-refractivity contribution in [2.75, 3.05) is 0 Å². The Balaban J connectivity index is 1.54. The predicted molar refractivity (Wildman–Crippen MR) is 88.9 cm³/mol. The second kappa shape index (κ2) is 5.16. The maximum atomic E-state index is 13.2. The van der Waals surface area contributed by atoms with E-state index in [1.807, 2.05) is 0 Å². The lowest BCUT2D eigenvalue weighted by molar-refractivity contribution is -0.124. The van der Waals surface area contributed by atoms with Gasteiger partial charge in [0.2, 0.25) is 5.91 Å². The molecule has 1 unspecified atom stereocenters. The third-order valence-electron chi connectivity index (χ3n) is 5.77. The van der Waals surface area contributed by atoms with Gasteiger partial charge in [-0.1, -0.05) is 26.0 Å². The molecule has 0 saturated heterocycles. The van der Waals surface area contributed by atoms with Crippen LogP contribution in [-0.2, 0) is 29.6 Å². The summed E-state index contributed by atoms with van der Waals surface area (Å²) in [6.45, 7) is 4.62. The number of hydrogen-bond acceptors (Lipinski definition) is 2. The van der Waals surface area contributed by atoms with Gasteiger partial charge >= 0.3 is 0 Å². The number of aromatic amines is 1. The molecule has 0 spiro atoms. The van der Waals surface area contributed by atoms with Crippen LogP contribution in [0.1, 0.15) is 49.2 Å². The lowest BCUT2D eigenvalue weighted by atomic mass is 9.87. The standard InChI is InChI=1S/C19H22FN3O/c1-18(2)11-19(18,12-6-8-13(20)9-7-12)17(24)21-10-16-14-4-3-5-15(14)22-23-16/h6-9H,3-5,10-11H2,1-2H3,(H,21,24)(H,22,23). The zero-order valence-corrected chi connectivity index (χ0v) is 14.1. The minimum Gasteiger partial charge on any atom is -0.350 e. The SMILES string of the molecule is CC1(C)CC1(C(=O)NCc1n[nH]c2c1CCC2)c1ccc(F)cc1. The second-order valence-electron chi connectivity index (χ2n) is 7.64. The van der Waals surface area contributed by atoms with Gasteiger partial charge in [-0.3, -0.25) is 9.89 Å². The molecule has 2 aliphatic carbocycles. The van der Waals surface area contributed by atoms with Crippen LogP contribution in [0, 0.1) is 11.2 Å². The first-order chi connectivity index (χ1) is 11.4. The molecule has 2 aliphatic rings. The highest BCUT2D eigenvalue weighted by atomic mass is 19.1. The Hall–Kier alpha value is -2.17. The molecule has 4 nitrogen and oxygen atoms in total. The number of H-pyrrole nitrogens is 1. The van der Waals surface area contributed by atoms with Crippen LogP contribution in [-0.4, -0.2) is 16.1 Å². The number of fused-ring (bicyclic) bond motifs is 1. The molecule has 126 valence electrons. The largest absolute Gasteiger partial charge is 0.350 e. The van der Waals surface area contributed by atoms with Gasteiger partial charge in [0, 0.05) is 5.69 Å². The maximum absolute atomic E-state index is 13.2. The van der Waals surface area contributed by atoms with Crippen LogP contribution >= 0.6 is 0 Å². The number of rotatable bonds is 4. The van der Waals surface area contributed by atoms with Crippen molar-refractivity contribution >= 4 is 5.91 Å². The number of benzene rings is 1. The normalized spacial score (nSPS) is 23.8. The summed E-state index contributed by atoms with van der Waals surface area (Å²) in [5.74, 6) is -0.270. The highest BCUT2D eigenvalue weighted by Crippen LogP contribution is 2.64. The quantitative estimate of drug-likeness (QED) is 0.907. The number of nitrogens with one attached hydrogen (secondary N) is 2. The summed E-state index contributed by atoms with van der Waals surface area (Å²) < 4.78 is 13.2. The average Bonchev–Trinajstić information content (AvgIpc) is 2.90. The topological polar surface area (TPSA) is 57.8 Å². The fraction of sp³-hybridized carbons (Fsp3) is 0.474. The van der Waals surface area contributed by atoms with Crippen molar-refractivity contribution in [2.45, 2.75) is 51.5 Å². The number of carbonyl (C=O) groups excluding carboxylic acids is 1. The molecule has 1 heterocycles. The number of aromatic nitrogens is 2. The summed E-state index contributed by atoms with van der Waals surface area (Å²) in [5.41, 5.74) is 3.62. The molecule has 0 bridgehead atoms. The van der Waals surface area contributed by atoms with Gasteiger partial charge in [0.1, 0.15) is 5.82 Å². The number of nitrogens with zero attached hydrogens (tertiary/aromatic N) is 1. The van der Waals surface area contributed by atoms with E-state index in [9.17, 15) is 9.18 Å². The number of amides is 1. The number of aryl methyl sites for hydroxylation is 1. The number of halogens is 1. The third-order valence-corrected chi connectivity index (χ3v) is 5.77. The third kappa shape index (κ3) is 2.18. The van der Waals surface area contributed by atoms with Gasteiger partial charge in [-0.15, -0.1) is 0 Å². The van der Waals surface area contributed by atoms with Gasteiger partial charge in [0.15, 0.2) is 0 Å². The van der Waals surface area contributed by atoms with E-state index in [-0.39, 0.29) is 17.1 Å². The van der Waals surface area contributed by atoms with E-state index in [2.05, 4.69) is 29.4 Å². The molecule has 5 heteroatoms. The summed E-state index contributed by atoms with van der Waals surface area (Å²) in [6, 6.07) is 6.32. The fourth-order valence-corrected chi connectivity index (χ4v) is 4.21. The maximum Gasteiger partial charge on any atom is 0.231 e. The van der Waals surface area contributed by atoms with Gasteiger partial charge in [0.05, 0.1) is 17.7 Å². The molecule has 4 rings (SSSR count).